The van der Waals surface area contributed by atoms with Crippen LogP contribution in [0.4, 0.5) is 0 Å². The summed E-state index contributed by atoms with van der Waals surface area (Å²) in [5.41, 5.74) is 3.52. The van der Waals surface area contributed by atoms with Gasteiger partial charge in [-0.15, -0.1) is 0 Å². The van der Waals surface area contributed by atoms with Gasteiger partial charge in [-0.25, -0.2) is 0 Å². The lowest BCUT2D eigenvalue weighted by Gasteiger charge is -2.18. The molecule has 0 spiro atoms. The van der Waals surface area contributed by atoms with Crippen LogP contribution < -0.4 is 5.43 Å². The van der Waals surface area contributed by atoms with Crippen molar-refractivity contribution >= 4 is 11.0 Å². The number of rotatable bonds is 7. The Labute approximate surface area is 216 Å². The van der Waals surface area contributed by atoms with Crippen molar-refractivity contribution in [2.24, 2.45) is 0 Å². The first-order valence-electron chi connectivity index (χ1n) is 12.0. The fourth-order valence-corrected chi connectivity index (χ4v) is 4.08. The fourth-order valence-electron chi connectivity index (χ4n) is 4.08. The lowest BCUT2D eigenvalue weighted by Crippen LogP contribution is -2.06. The molecule has 1 aromatic heterocycles. The summed E-state index contributed by atoms with van der Waals surface area (Å²) in [5.74, 6) is -2.49. The minimum absolute atomic E-state index is 0.0700. The average Bonchev–Trinajstić information content (AvgIpc) is 2.80. The highest BCUT2D eigenvalue weighted by molar-refractivity contribution is 5.91. The van der Waals surface area contributed by atoms with Gasteiger partial charge in [-0.3, -0.25) is 4.79 Å². The Kier molecular flexibility index (Phi) is 8.06. The highest BCUT2D eigenvalue weighted by Crippen LogP contribution is 2.44. The number of allylic oxidation sites excluding steroid dienone is 6. The molecule has 3 aromatic rings. The van der Waals surface area contributed by atoms with Gasteiger partial charge in [0.1, 0.15) is 22.5 Å². The van der Waals surface area contributed by atoms with Gasteiger partial charge in [-0.2, -0.15) is 0 Å². The summed E-state index contributed by atoms with van der Waals surface area (Å²) in [6, 6.07) is 2.30. The molecule has 7 nitrogen and oxygen atoms in total. The fraction of sp³-hybridized carbons (Fsp3) is 0.300. The van der Waals surface area contributed by atoms with Crippen LogP contribution >= 0.6 is 0 Å². The molecule has 0 bridgehead atoms. The maximum absolute atomic E-state index is 13.3. The number of hydrogen-bond donors (Lipinski definition) is 5. The molecule has 1 heterocycles. The Morgan fingerprint density at radius 2 is 1.19 bits per heavy atom. The molecule has 0 saturated carbocycles. The van der Waals surface area contributed by atoms with Crippen molar-refractivity contribution < 1.29 is 29.9 Å². The molecule has 0 aliphatic carbocycles. The number of aromatic hydroxyl groups is 5. The van der Waals surface area contributed by atoms with Crippen LogP contribution in [0.15, 0.2) is 56.3 Å². The van der Waals surface area contributed by atoms with Crippen LogP contribution in [0.2, 0.25) is 0 Å². The molecule has 0 fully saturated rings. The van der Waals surface area contributed by atoms with Crippen molar-refractivity contribution in [3.63, 3.8) is 0 Å². The smallest absolute Gasteiger partial charge is 0.238 e. The molecule has 2 aromatic carbocycles. The van der Waals surface area contributed by atoms with E-state index < -0.39 is 22.7 Å². The summed E-state index contributed by atoms with van der Waals surface area (Å²) >= 11 is 0. The lowest BCUT2D eigenvalue weighted by atomic mass is 9.91. The van der Waals surface area contributed by atoms with Crippen LogP contribution in [0, 0.1) is 0 Å². The Balaban J connectivity index is 2.48. The summed E-state index contributed by atoms with van der Waals surface area (Å²) < 4.78 is 6.08. The monoisotopic (exact) mass is 506 g/mol. The third kappa shape index (κ3) is 5.66. The maximum Gasteiger partial charge on any atom is 0.238 e. The van der Waals surface area contributed by atoms with E-state index in [0.717, 1.165) is 22.8 Å². The van der Waals surface area contributed by atoms with Crippen molar-refractivity contribution in [3.8, 4) is 40.1 Å². The second-order valence-electron chi connectivity index (χ2n) is 9.91. The SMILES string of the molecule is CC(C)=CCc1c(-c2oc3c(CC=C(C)C)c(O)cc(O)c3c(=O)c2O)cc(O)c(O)c1CC=C(C)C. The van der Waals surface area contributed by atoms with E-state index >= 15 is 0 Å². The molecule has 0 aliphatic rings. The minimum atomic E-state index is -0.876. The van der Waals surface area contributed by atoms with Crippen LogP contribution in [-0.2, 0) is 19.3 Å². The number of hydrogen-bond acceptors (Lipinski definition) is 7. The van der Waals surface area contributed by atoms with Gasteiger partial charge in [0.25, 0.3) is 0 Å². The normalized spacial score (nSPS) is 10.9. The standard InChI is InChI=1S/C30H34O7/c1-15(2)7-10-18-19(11-8-16(3)4)26(34)24(33)13-21(18)30-28(36)27(35)25-23(32)14-22(31)20(29(25)37-30)12-9-17(5)6/h7-9,13-14,31-34,36H,10-12H2,1-6H3. The Hall–Kier alpha value is -4.13. The van der Waals surface area contributed by atoms with E-state index in [-0.39, 0.29) is 45.8 Å². The summed E-state index contributed by atoms with van der Waals surface area (Å²) in [7, 11) is 0. The molecule has 0 amide bonds. The van der Waals surface area contributed by atoms with Gasteiger partial charge in [0, 0.05) is 22.8 Å². The average molecular weight is 507 g/mol. The molecular formula is C30H34O7. The van der Waals surface area contributed by atoms with Crippen LogP contribution in [0.25, 0.3) is 22.3 Å². The zero-order valence-corrected chi connectivity index (χ0v) is 22.1. The Bertz CT molecular complexity index is 1510. The van der Waals surface area contributed by atoms with E-state index in [0.29, 0.717) is 24.0 Å². The van der Waals surface area contributed by atoms with Gasteiger partial charge < -0.3 is 29.9 Å². The molecule has 3 rings (SSSR count). The van der Waals surface area contributed by atoms with Gasteiger partial charge in [-0.05, 0) is 72.4 Å². The van der Waals surface area contributed by atoms with Crippen molar-refractivity contribution in [2.75, 3.05) is 0 Å². The van der Waals surface area contributed by atoms with Gasteiger partial charge >= 0.3 is 0 Å². The molecule has 37 heavy (non-hydrogen) atoms. The van der Waals surface area contributed by atoms with Gasteiger partial charge in [0.05, 0.1) is 0 Å². The second-order valence-corrected chi connectivity index (χ2v) is 9.91. The predicted molar refractivity (Wildman–Crippen MR) is 146 cm³/mol. The maximum atomic E-state index is 13.3. The molecule has 0 unspecified atom stereocenters. The first kappa shape index (κ1) is 27.5. The Morgan fingerprint density at radius 3 is 1.73 bits per heavy atom. The summed E-state index contributed by atoms with van der Waals surface area (Å²) in [4.78, 5) is 13.3. The van der Waals surface area contributed by atoms with Gasteiger partial charge in [0.2, 0.25) is 11.2 Å². The number of fused-ring (bicyclic) bond motifs is 1. The van der Waals surface area contributed by atoms with Crippen molar-refractivity contribution in [1.29, 1.82) is 0 Å². The highest BCUT2D eigenvalue weighted by atomic mass is 16.4. The van der Waals surface area contributed by atoms with Crippen LogP contribution in [0.3, 0.4) is 0 Å². The largest absolute Gasteiger partial charge is 0.507 e. The zero-order valence-electron chi connectivity index (χ0n) is 22.1. The third-order valence-electron chi connectivity index (χ3n) is 6.09. The molecule has 7 heteroatoms. The number of benzene rings is 2. The molecule has 5 N–H and O–H groups in total. The van der Waals surface area contributed by atoms with Crippen LogP contribution in [0.1, 0.15) is 58.2 Å². The summed E-state index contributed by atoms with van der Waals surface area (Å²) in [6.45, 7) is 11.4. The summed E-state index contributed by atoms with van der Waals surface area (Å²) in [6.07, 6.45) is 6.50. The van der Waals surface area contributed by atoms with Crippen LogP contribution in [0.5, 0.6) is 28.7 Å². The predicted octanol–water partition coefficient (Wildman–Crippen LogP) is 6.51. The molecular weight excluding hydrogens is 472 g/mol. The van der Waals surface area contributed by atoms with E-state index in [1.165, 1.54) is 6.07 Å². The second kappa shape index (κ2) is 10.9. The van der Waals surface area contributed by atoms with Crippen LogP contribution in [-0.4, -0.2) is 25.5 Å². The molecule has 0 saturated heterocycles. The van der Waals surface area contributed by atoms with E-state index in [1.54, 1.807) is 0 Å². The summed E-state index contributed by atoms with van der Waals surface area (Å²) in [5, 5.41) is 53.0. The highest BCUT2D eigenvalue weighted by Gasteiger charge is 2.26. The van der Waals surface area contributed by atoms with E-state index in [9.17, 15) is 30.3 Å². The van der Waals surface area contributed by atoms with Crippen molar-refractivity contribution in [2.45, 2.75) is 60.8 Å². The molecule has 0 atom stereocenters. The van der Waals surface area contributed by atoms with E-state index in [2.05, 4.69) is 0 Å². The third-order valence-corrected chi connectivity index (χ3v) is 6.09. The Morgan fingerprint density at radius 1 is 0.676 bits per heavy atom. The van der Waals surface area contributed by atoms with Gasteiger partial charge in [-0.1, -0.05) is 34.9 Å². The molecule has 0 aliphatic heterocycles. The first-order chi connectivity index (χ1) is 17.3. The van der Waals surface area contributed by atoms with Gasteiger partial charge in [0.15, 0.2) is 17.3 Å². The zero-order chi connectivity index (χ0) is 27.6. The van der Waals surface area contributed by atoms with Crippen molar-refractivity contribution in [3.05, 3.63) is 74.0 Å². The van der Waals surface area contributed by atoms with Crippen molar-refractivity contribution in [1.82, 2.24) is 0 Å². The minimum Gasteiger partial charge on any atom is -0.507 e. The molecule has 0 radical (unpaired) electrons. The topological polar surface area (TPSA) is 131 Å². The first-order valence-corrected chi connectivity index (χ1v) is 12.0. The lowest BCUT2D eigenvalue weighted by molar-refractivity contribution is 0.399. The number of phenolic OH excluding ortho intramolecular Hbond substituents is 4. The number of phenols is 4. The quantitative estimate of drug-likeness (QED) is 0.182. The molecule has 196 valence electrons. The van der Waals surface area contributed by atoms with E-state index in [4.69, 9.17) is 4.42 Å². The van der Waals surface area contributed by atoms with E-state index in [1.807, 2.05) is 59.8 Å².